The Balaban J connectivity index is 1.67. The number of benzene rings is 1. The summed E-state index contributed by atoms with van der Waals surface area (Å²) in [6.45, 7) is 1.11. The molecular formula is C22H28N2O6. The molecule has 30 heavy (non-hydrogen) atoms. The van der Waals surface area contributed by atoms with Gasteiger partial charge in [0.25, 0.3) is 0 Å². The van der Waals surface area contributed by atoms with Gasteiger partial charge < -0.3 is 28.7 Å². The summed E-state index contributed by atoms with van der Waals surface area (Å²) in [5.41, 5.74) is -0.725. The highest BCUT2D eigenvalue weighted by molar-refractivity contribution is 6.17. The lowest BCUT2D eigenvalue weighted by molar-refractivity contribution is -0.248. The molecule has 0 unspecified atom stereocenters. The van der Waals surface area contributed by atoms with Crippen molar-refractivity contribution in [2.75, 3.05) is 41.6 Å². The fraction of sp³-hybridized carbons (Fsp3) is 0.636. The maximum absolute atomic E-state index is 13.6. The van der Waals surface area contributed by atoms with Gasteiger partial charge in [-0.05, 0) is 43.4 Å². The predicted octanol–water partition coefficient (Wildman–Crippen LogP) is 1.77. The number of hydrogen-bond acceptors (Lipinski definition) is 6. The molecule has 2 atom stereocenters. The molecule has 3 saturated heterocycles. The van der Waals surface area contributed by atoms with E-state index in [2.05, 4.69) is 0 Å². The molecule has 2 amide bonds. The van der Waals surface area contributed by atoms with Crippen LogP contribution in [0.15, 0.2) is 12.1 Å². The fourth-order valence-corrected chi connectivity index (χ4v) is 5.95. The van der Waals surface area contributed by atoms with Crippen LogP contribution in [0.5, 0.6) is 17.2 Å². The van der Waals surface area contributed by atoms with Crippen LogP contribution in [0.2, 0.25) is 0 Å². The minimum atomic E-state index is -1.07. The number of nitrogens with zero attached hydrogens (tertiary/aromatic N) is 2. The average Bonchev–Trinajstić information content (AvgIpc) is 3.61. The van der Waals surface area contributed by atoms with Crippen LogP contribution in [-0.4, -0.2) is 74.8 Å². The van der Waals surface area contributed by atoms with Gasteiger partial charge in [0.15, 0.2) is 16.9 Å². The monoisotopic (exact) mass is 416 g/mol. The number of methoxy groups -OCH3 is 3. The zero-order valence-corrected chi connectivity index (χ0v) is 17.9. The van der Waals surface area contributed by atoms with Gasteiger partial charge in [-0.15, -0.1) is 0 Å². The van der Waals surface area contributed by atoms with Crippen molar-refractivity contribution in [2.24, 2.45) is 5.41 Å². The molecule has 1 aliphatic carbocycles. The van der Waals surface area contributed by atoms with Gasteiger partial charge in [-0.2, -0.15) is 0 Å². The van der Waals surface area contributed by atoms with E-state index in [4.69, 9.17) is 18.9 Å². The first kappa shape index (κ1) is 19.5. The first-order valence-electron chi connectivity index (χ1n) is 10.5. The second kappa shape index (κ2) is 6.51. The molecule has 8 heteroatoms. The highest BCUT2D eigenvalue weighted by atomic mass is 16.5. The second-order valence-electron chi connectivity index (χ2n) is 8.62. The smallest absolute Gasteiger partial charge is 0.244 e. The molecule has 162 valence electrons. The van der Waals surface area contributed by atoms with Gasteiger partial charge in [0.2, 0.25) is 17.6 Å². The first-order valence-corrected chi connectivity index (χ1v) is 10.5. The summed E-state index contributed by atoms with van der Waals surface area (Å²) in [6.07, 6.45) is 3.28. The van der Waals surface area contributed by atoms with E-state index in [-0.39, 0.29) is 23.9 Å². The molecule has 4 fully saturated rings. The van der Waals surface area contributed by atoms with Crippen molar-refractivity contribution in [1.82, 2.24) is 9.80 Å². The van der Waals surface area contributed by atoms with E-state index in [9.17, 15) is 9.59 Å². The molecule has 0 aromatic heterocycles. The maximum Gasteiger partial charge on any atom is 0.244 e. The van der Waals surface area contributed by atoms with E-state index >= 15 is 0 Å². The molecule has 0 radical (unpaired) electrons. The van der Waals surface area contributed by atoms with Gasteiger partial charge in [0, 0.05) is 26.3 Å². The number of likely N-dealkylation sites (tertiary alicyclic amines) is 2. The summed E-state index contributed by atoms with van der Waals surface area (Å²) in [7, 11) is 6.53. The number of β-lactam (4-membered cyclic amide) rings is 2. The minimum absolute atomic E-state index is 0.0336. The quantitative estimate of drug-likeness (QED) is 0.538. The van der Waals surface area contributed by atoms with Crippen molar-refractivity contribution in [3.8, 4) is 17.2 Å². The Hall–Kier alpha value is -2.48. The van der Waals surface area contributed by atoms with Crippen LogP contribution >= 0.6 is 0 Å². The number of fused-ring (bicyclic) bond motifs is 1. The topological polar surface area (TPSA) is 77.5 Å². The number of amides is 2. The Labute approximate surface area is 176 Å². The lowest BCUT2D eigenvalue weighted by Crippen LogP contribution is -2.89. The molecule has 3 heterocycles. The zero-order chi connectivity index (χ0) is 21.3. The van der Waals surface area contributed by atoms with Crippen molar-refractivity contribution in [2.45, 2.75) is 43.3 Å². The van der Waals surface area contributed by atoms with Crippen LogP contribution in [0.3, 0.4) is 0 Å². The summed E-state index contributed by atoms with van der Waals surface area (Å²) in [5, 5.41) is 0. The lowest BCUT2D eigenvalue weighted by atomic mass is 9.47. The van der Waals surface area contributed by atoms with Gasteiger partial charge in [-0.3, -0.25) is 9.59 Å². The molecule has 3 aliphatic heterocycles. The third-order valence-electron chi connectivity index (χ3n) is 7.54. The fourth-order valence-electron chi connectivity index (χ4n) is 5.95. The largest absolute Gasteiger partial charge is 0.493 e. The van der Waals surface area contributed by atoms with E-state index in [0.717, 1.165) is 18.4 Å². The van der Waals surface area contributed by atoms with Crippen molar-refractivity contribution in [1.29, 1.82) is 0 Å². The van der Waals surface area contributed by atoms with Crippen LogP contribution in [0, 0.1) is 5.41 Å². The Morgan fingerprint density at radius 2 is 1.57 bits per heavy atom. The van der Waals surface area contributed by atoms with Gasteiger partial charge >= 0.3 is 0 Å². The molecule has 2 spiro atoms. The standard InChI is InChI=1S/C22H28N2O6/c1-23-19(25)22(21(23)7-9-30-10-8-21)18(24(20(22)26)14-5-6-14)13-11-15(27-2)17(29-4)16(12-13)28-3/h11-12,14,18H,5-10H2,1-4H3/t18-,22+/m0/s1. The van der Waals surface area contributed by atoms with Gasteiger partial charge in [-0.1, -0.05) is 0 Å². The summed E-state index contributed by atoms with van der Waals surface area (Å²) in [4.78, 5) is 30.7. The van der Waals surface area contributed by atoms with E-state index < -0.39 is 11.0 Å². The number of ether oxygens (including phenoxy) is 4. The molecular weight excluding hydrogens is 388 g/mol. The third-order valence-corrected chi connectivity index (χ3v) is 7.54. The number of carbonyl (C=O) groups excluding carboxylic acids is 2. The summed E-state index contributed by atoms with van der Waals surface area (Å²) < 4.78 is 22.2. The van der Waals surface area contributed by atoms with Crippen molar-refractivity contribution < 1.29 is 28.5 Å². The SMILES string of the molecule is COc1cc([C@@H]2N(C3CC3)C(=O)[C@]23C(=O)N(C)C32CCOCC2)cc(OC)c1OC. The molecule has 0 N–H and O–H groups in total. The van der Waals surface area contributed by atoms with E-state index in [1.54, 1.807) is 26.2 Å². The molecule has 1 saturated carbocycles. The Bertz CT molecular complexity index is 882. The summed E-state index contributed by atoms with van der Waals surface area (Å²) in [5.74, 6) is 1.43. The first-order chi connectivity index (χ1) is 14.5. The summed E-state index contributed by atoms with van der Waals surface area (Å²) in [6, 6.07) is 3.62. The van der Waals surface area contributed by atoms with Crippen LogP contribution in [0.4, 0.5) is 0 Å². The average molecular weight is 416 g/mol. The normalized spacial score (nSPS) is 29.7. The van der Waals surface area contributed by atoms with Crippen molar-refractivity contribution >= 4 is 11.8 Å². The summed E-state index contributed by atoms with van der Waals surface area (Å²) >= 11 is 0. The molecule has 4 aliphatic rings. The van der Waals surface area contributed by atoms with E-state index in [1.165, 1.54) is 0 Å². The number of hydrogen-bond donors (Lipinski definition) is 0. The van der Waals surface area contributed by atoms with Crippen LogP contribution in [0.25, 0.3) is 0 Å². The Morgan fingerprint density at radius 3 is 2.07 bits per heavy atom. The van der Waals surface area contributed by atoms with Gasteiger partial charge in [0.1, 0.15) is 0 Å². The third kappa shape index (κ3) is 2.10. The maximum atomic E-state index is 13.6. The highest BCUT2D eigenvalue weighted by Crippen LogP contribution is 2.69. The number of carbonyl (C=O) groups is 2. The number of rotatable bonds is 5. The minimum Gasteiger partial charge on any atom is -0.493 e. The second-order valence-corrected chi connectivity index (χ2v) is 8.62. The van der Waals surface area contributed by atoms with E-state index in [0.29, 0.717) is 43.3 Å². The zero-order valence-electron chi connectivity index (χ0n) is 17.9. The van der Waals surface area contributed by atoms with Gasteiger partial charge in [0.05, 0.1) is 32.9 Å². The van der Waals surface area contributed by atoms with Crippen LogP contribution in [-0.2, 0) is 14.3 Å². The van der Waals surface area contributed by atoms with Crippen LogP contribution in [0.1, 0.15) is 37.3 Å². The van der Waals surface area contributed by atoms with Crippen molar-refractivity contribution in [3.05, 3.63) is 17.7 Å². The Morgan fingerprint density at radius 1 is 0.967 bits per heavy atom. The van der Waals surface area contributed by atoms with E-state index in [1.807, 2.05) is 24.1 Å². The van der Waals surface area contributed by atoms with Crippen molar-refractivity contribution in [3.63, 3.8) is 0 Å². The molecule has 8 nitrogen and oxygen atoms in total. The van der Waals surface area contributed by atoms with Gasteiger partial charge in [-0.25, -0.2) is 0 Å². The molecule has 1 aromatic carbocycles. The molecule has 1 aromatic rings. The lowest BCUT2D eigenvalue weighted by Gasteiger charge is -2.73. The predicted molar refractivity (Wildman–Crippen MR) is 107 cm³/mol. The highest BCUT2D eigenvalue weighted by Gasteiger charge is 2.84. The molecule has 5 rings (SSSR count). The Kier molecular flexibility index (Phi) is 4.23. The van der Waals surface area contributed by atoms with Crippen LogP contribution < -0.4 is 14.2 Å². The molecule has 0 bridgehead atoms.